The maximum atomic E-state index is 11.7. The van der Waals surface area contributed by atoms with Gasteiger partial charge in [-0.2, -0.15) is 26.9 Å². The van der Waals surface area contributed by atoms with Gasteiger partial charge in [-0.05, 0) is 65.7 Å². The van der Waals surface area contributed by atoms with E-state index < -0.39 is 60.6 Å². The van der Waals surface area contributed by atoms with Gasteiger partial charge in [0.2, 0.25) is 8.32 Å². The maximum Gasteiger partial charge on any atom is 0.522 e. The number of carbonyl (C=O) groups excluding carboxylic acids is 2. The Kier molecular flexibility index (Phi) is 56.4. The monoisotopic (exact) mass is 1150 g/mol. The fourth-order valence-corrected chi connectivity index (χ4v) is 5.68. The first-order valence-electron chi connectivity index (χ1n) is 19.9. The second kappa shape index (κ2) is 50.3. The van der Waals surface area contributed by atoms with E-state index in [9.17, 15) is 31.2 Å². The molecule has 1 aliphatic rings. The molecule has 2 unspecified atom stereocenters. The van der Waals surface area contributed by atoms with E-state index in [0.717, 1.165) is 66.6 Å². The number of ether oxygens (including phenoxy) is 4. The van der Waals surface area contributed by atoms with Gasteiger partial charge in [0, 0.05) is 96.2 Å². The number of halogens is 3. The topological polar surface area (TPSA) is 303 Å². The number of nitrogens with one attached hydrogen (secondary N) is 1. The molecule has 26 heteroatoms. The van der Waals surface area contributed by atoms with E-state index in [0.29, 0.717) is 6.61 Å². The molecule has 64 heavy (non-hydrogen) atoms. The number of carboxylic acid groups (broad SMARTS) is 4. The third-order valence-electron chi connectivity index (χ3n) is 4.77. The number of aromatic amines is 1. The van der Waals surface area contributed by atoms with E-state index in [2.05, 4.69) is 29.3 Å². The Labute approximate surface area is 406 Å². The van der Waals surface area contributed by atoms with Gasteiger partial charge in [0.1, 0.15) is 0 Å². The summed E-state index contributed by atoms with van der Waals surface area (Å²) >= 11 is 0. The molecule has 0 spiro atoms. The van der Waals surface area contributed by atoms with Gasteiger partial charge in [0.15, 0.2) is 0 Å². The van der Waals surface area contributed by atoms with Crippen LogP contribution in [0.3, 0.4) is 0 Å². The fraction of sp³-hybridized carbons (Fsp3) is 0.658. The summed E-state index contributed by atoms with van der Waals surface area (Å²) in [6.45, 7) is 21.0. The molecule has 1 saturated carbocycles. The average molecular weight is 1150 g/mol. The Morgan fingerprint density at radius 1 is 0.891 bits per heavy atom. The molecule has 2 rings (SSSR count). The molecule has 2 atom stereocenters. The Hall–Kier alpha value is -3.75. The Balaban J connectivity index is -0.0000000851. The molecular formula is C38H69F3N2O17Rh2SSi. The molecule has 0 saturated heterocycles. The van der Waals surface area contributed by atoms with E-state index in [-0.39, 0.29) is 74.8 Å². The largest absolute Gasteiger partial charge is 0.522 e. The number of nitrogens with zero attached hydrogens (tertiary/aromatic N) is 1. The maximum absolute atomic E-state index is 11.7. The summed E-state index contributed by atoms with van der Waals surface area (Å²) < 4.78 is 101. The van der Waals surface area contributed by atoms with Gasteiger partial charge in [-0.25, -0.2) is 4.79 Å². The van der Waals surface area contributed by atoms with Gasteiger partial charge in [-0.1, -0.05) is 33.3 Å². The van der Waals surface area contributed by atoms with Crippen LogP contribution >= 0.6 is 0 Å². The zero-order chi connectivity index (χ0) is 53.2. The van der Waals surface area contributed by atoms with E-state index in [1.54, 1.807) is 13.0 Å². The molecule has 19 nitrogen and oxygen atoms in total. The third kappa shape index (κ3) is 75.6. The summed E-state index contributed by atoms with van der Waals surface area (Å²) in [7, 11) is -8.10. The Bertz CT molecular complexity index is 1570. The second-order valence-corrected chi connectivity index (χ2v) is 18.4. The zero-order valence-corrected chi connectivity index (χ0v) is 43.3. The van der Waals surface area contributed by atoms with Crippen LogP contribution in [0.15, 0.2) is 25.1 Å². The van der Waals surface area contributed by atoms with Crippen LogP contribution in [0, 0.1) is 24.1 Å². The van der Waals surface area contributed by atoms with Crippen LogP contribution in [0.2, 0.25) is 19.6 Å². The van der Waals surface area contributed by atoms with Crippen molar-refractivity contribution in [3.63, 3.8) is 0 Å². The molecule has 2 radical (unpaired) electrons. The number of alkyl halides is 3. The summed E-state index contributed by atoms with van der Waals surface area (Å²) in [5.74, 6) is -4.01. The summed E-state index contributed by atoms with van der Waals surface area (Å²) in [5.41, 5.74) is -5.31. The molecule has 0 aliphatic heterocycles. The minimum Gasteiger partial charge on any atom is -0.502 e. The molecule has 0 amide bonds. The van der Waals surface area contributed by atoms with Crippen molar-refractivity contribution in [1.29, 1.82) is 5.26 Å². The molecule has 1 fully saturated rings. The van der Waals surface area contributed by atoms with Gasteiger partial charge in [0.05, 0.1) is 49.7 Å². The minimum atomic E-state index is -5.39. The molecular weight excluding hydrogens is 1080 g/mol. The smallest absolute Gasteiger partial charge is 0.502 e. The Morgan fingerprint density at radius 3 is 1.58 bits per heavy atom. The average Bonchev–Trinajstić information content (AvgIpc) is 3.69. The van der Waals surface area contributed by atoms with Crippen LogP contribution in [0.4, 0.5) is 13.2 Å². The molecule has 1 aromatic heterocycles. The van der Waals surface area contributed by atoms with Gasteiger partial charge < -0.3 is 48.2 Å². The summed E-state index contributed by atoms with van der Waals surface area (Å²) in [6.07, 6.45) is 8.42. The number of aliphatic carboxylic acids is 4. The van der Waals surface area contributed by atoms with Crippen molar-refractivity contribution < 1.29 is 137 Å². The number of nitriles is 1. The van der Waals surface area contributed by atoms with E-state index in [4.69, 9.17) is 67.9 Å². The zero-order valence-electron chi connectivity index (χ0n) is 41.2. The van der Waals surface area contributed by atoms with Crippen LogP contribution in [0.1, 0.15) is 115 Å². The fourth-order valence-electron chi connectivity index (χ4n) is 2.67. The number of hydrogen-bond acceptors (Lipinski definition) is 14. The number of carboxylic acids is 4. The van der Waals surface area contributed by atoms with Crippen molar-refractivity contribution in [1.82, 2.24) is 4.98 Å². The first-order chi connectivity index (χ1) is 29.5. The predicted octanol–water partition coefficient (Wildman–Crippen LogP) is 7.78. The molecule has 1 aromatic rings. The quantitative estimate of drug-likeness (QED) is 0.0390. The molecule has 1 aliphatic carbocycles. The molecule has 1 heterocycles. The normalized spacial score (nSPS) is 13.1. The first-order valence-corrected chi connectivity index (χ1v) is 23.3. The van der Waals surface area contributed by atoms with Gasteiger partial charge in [0.25, 0.3) is 23.9 Å². The van der Waals surface area contributed by atoms with E-state index in [1.165, 1.54) is 51.5 Å². The molecule has 5 N–H and O–H groups in total. The molecule has 0 bridgehead atoms. The van der Waals surface area contributed by atoms with Crippen molar-refractivity contribution in [2.75, 3.05) is 26.4 Å². The van der Waals surface area contributed by atoms with Crippen LogP contribution in [-0.4, -0.2) is 116 Å². The summed E-state index contributed by atoms with van der Waals surface area (Å²) in [6, 6.07) is 3.15. The molecule has 382 valence electrons. The van der Waals surface area contributed by atoms with Crippen LogP contribution < -0.4 is 0 Å². The van der Waals surface area contributed by atoms with Crippen LogP contribution in [-0.2, 0) is 95.9 Å². The van der Waals surface area contributed by atoms with Crippen molar-refractivity contribution in [2.24, 2.45) is 5.92 Å². The number of H-pyrrole nitrogens is 1. The number of carbonyl (C=O) groups is 6. The molecule has 0 aromatic carbocycles. The SMILES string of the molecule is C=COCCCC.CC#N.CC(=O)O.CC(=O)O.CC(=O)O.CC(=O)O.CCCCOC1CC1C(=O)OCC.C[Si](C)(C)OS(=O)(=O)C(F)(F)F.[2H]C([2H])([2H])c1[nH]ccc1C(=O)OCC.[Rh].[Rh]. The van der Waals surface area contributed by atoms with Crippen molar-refractivity contribution >= 4 is 54.3 Å². The van der Waals surface area contributed by atoms with Gasteiger partial charge in [-0.3, -0.25) is 24.0 Å². The van der Waals surface area contributed by atoms with Crippen molar-refractivity contribution in [3.05, 3.63) is 36.4 Å². The van der Waals surface area contributed by atoms with Crippen molar-refractivity contribution in [3.8, 4) is 6.07 Å². The van der Waals surface area contributed by atoms with Gasteiger partial charge >= 0.3 is 27.6 Å². The summed E-state index contributed by atoms with van der Waals surface area (Å²) in [5, 5.41) is 37.0. The Morgan fingerprint density at radius 2 is 1.28 bits per heavy atom. The minimum absolute atomic E-state index is 0. The number of rotatable bonds is 14. The van der Waals surface area contributed by atoms with Crippen LogP contribution in [0.25, 0.3) is 0 Å². The number of aryl methyl sites for hydroxylation is 1. The predicted molar refractivity (Wildman–Crippen MR) is 226 cm³/mol. The first kappa shape index (κ1) is 71.9. The summed E-state index contributed by atoms with van der Waals surface area (Å²) in [4.78, 5) is 60.9. The third-order valence-corrected chi connectivity index (χ3v) is 8.21. The van der Waals surface area contributed by atoms with E-state index >= 15 is 0 Å². The van der Waals surface area contributed by atoms with Crippen molar-refractivity contribution in [2.45, 2.75) is 133 Å². The number of aromatic nitrogens is 1. The standard InChI is InChI=1S/C10H18O3.C8H11NO2.C6H12O.C4H9F3O3SSi.C2H3N.4C2H4O2.2Rh/c1-3-5-6-13-9-7-8(9)10(11)12-4-2;1-3-11-8(10)7-4-5-9-6(7)2;1-3-5-6-7-4-2;1-12(2,3)10-11(8,9)4(5,6)7;1-2-3;4*1-2(3)4;;/h8-9H,3-7H2,1-2H3;4-5,9H,3H2,1-2H3;4H,2-3,5-6H2,1H3;1-3H3;1H3;4*1H3,(H,3,4);;/i;2D3;;;;;;;;;. The van der Waals surface area contributed by atoms with Gasteiger partial charge in [-0.15, -0.1) is 0 Å². The number of hydrogen-bond donors (Lipinski definition) is 5. The number of unbranched alkanes of at least 4 members (excludes halogenated alkanes) is 2. The van der Waals surface area contributed by atoms with Crippen LogP contribution in [0.5, 0.6) is 0 Å². The second-order valence-electron chi connectivity index (χ2n) is 12.1. The van der Waals surface area contributed by atoms with E-state index in [1.807, 2.05) is 6.92 Å². The number of esters is 2.